The Kier molecular flexibility index (Phi) is 6.32. The molecule has 0 aliphatic carbocycles. The van der Waals surface area contributed by atoms with Gasteiger partial charge in [0.15, 0.2) is 0 Å². The summed E-state index contributed by atoms with van der Waals surface area (Å²) in [5.74, 6) is 0.0227. The van der Waals surface area contributed by atoms with Gasteiger partial charge in [0.25, 0.3) is 0 Å². The highest BCUT2D eigenvalue weighted by Gasteiger charge is 2.16. The Balaban J connectivity index is 2.44. The minimum Gasteiger partial charge on any atom is -0.497 e. The summed E-state index contributed by atoms with van der Waals surface area (Å²) in [6.07, 6.45) is 0.865. The molecule has 0 fully saturated rings. The van der Waals surface area contributed by atoms with Crippen molar-refractivity contribution in [2.45, 2.75) is 12.5 Å². The van der Waals surface area contributed by atoms with Gasteiger partial charge in [0, 0.05) is 13.1 Å². The van der Waals surface area contributed by atoms with Crippen molar-refractivity contribution in [2.75, 3.05) is 34.3 Å². The van der Waals surface area contributed by atoms with Crippen LogP contribution in [-0.4, -0.2) is 56.3 Å². The highest BCUT2D eigenvalue weighted by Crippen LogP contribution is 2.13. The maximum atomic E-state index is 10.9. The molecule has 1 aromatic rings. The van der Waals surface area contributed by atoms with E-state index < -0.39 is 12.0 Å². The van der Waals surface area contributed by atoms with Crippen LogP contribution in [0.4, 0.5) is 0 Å². The van der Waals surface area contributed by atoms with Gasteiger partial charge in [-0.15, -0.1) is 0 Å². The summed E-state index contributed by atoms with van der Waals surface area (Å²) in [6, 6.07) is 7.38. The third-order valence-electron chi connectivity index (χ3n) is 3.06. The topological polar surface area (TPSA) is 61.8 Å². The van der Waals surface area contributed by atoms with Crippen LogP contribution in [0, 0.1) is 0 Å². The molecule has 0 saturated heterocycles. The molecular formula is C14H22N2O3. The third kappa shape index (κ3) is 5.28. The molecule has 1 aromatic carbocycles. The van der Waals surface area contributed by atoms with Crippen molar-refractivity contribution in [3.05, 3.63) is 29.8 Å². The summed E-state index contributed by atoms with van der Waals surface area (Å²) in [5.41, 5.74) is 1.18. The van der Waals surface area contributed by atoms with Gasteiger partial charge in [-0.3, -0.25) is 4.79 Å². The Morgan fingerprint density at radius 1 is 1.53 bits per heavy atom. The molecule has 1 rings (SSSR count). The van der Waals surface area contributed by atoms with E-state index in [4.69, 9.17) is 9.84 Å². The second-order valence-corrected chi connectivity index (χ2v) is 4.54. The molecule has 2 N–H and O–H groups in total. The lowest BCUT2D eigenvalue weighted by atomic mass is 10.1. The molecule has 0 bridgehead atoms. The van der Waals surface area contributed by atoms with E-state index in [1.807, 2.05) is 36.2 Å². The minimum absolute atomic E-state index is 0.482. The number of carbonyl (C=O) groups is 1. The quantitative estimate of drug-likeness (QED) is 0.730. The molecule has 0 radical (unpaired) electrons. The summed E-state index contributed by atoms with van der Waals surface area (Å²) in [7, 11) is 5.23. The third-order valence-corrected chi connectivity index (χ3v) is 3.06. The highest BCUT2D eigenvalue weighted by molar-refractivity contribution is 5.73. The van der Waals surface area contributed by atoms with Crippen LogP contribution in [0.3, 0.4) is 0 Å². The number of methoxy groups -OCH3 is 1. The maximum Gasteiger partial charge on any atom is 0.322 e. The Morgan fingerprint density at radius 3 is 2.84 bits per heavy atom. The number of carboxylic acids is 1. The van der Waals surface area contributed by atoms with Crippen molar-refractivity contribution in [1.82, 2.24) is 10.2 Å². The Morgan fingerprint density at radius 2 is 2.26 bits per heavy atom. The van der Waals surface area contributed by atoms with Crippen molar-refractivity contribution in [2.24, 2.45) is 0 Å². The molecule has 0 aliphatic rings. The zero-order valence-electron chi connectivity index (χ0n) is 11.7. The summed E-state index contributed by atoms with van der Waals surface area (Å²) in [6.45, 7) is 1.29. The van der Waals surface area contributed by atoms with Crippen LogP contribution in [0.15, 0.2) is 24.3 Å². The van der Waals surface area contributed by atoms with Crippen LogP contribution in [0.2, 0.25) is 0 Å². The molecule has 0 heterocycles. The number of nitrogens with zero attached hydrogens (tertiary/aromatic N) is 1. The number of aliphatic carboxylic acids is 1. The van der Waals surface area contributed by atoms with Crippen molar-refractivity contribution in [3.63, 3.8) is 0 Å². The fraction of sp³-hybridized carbons (Fsp3) is 0.500. The monoisotopic (exact) mass is 266 g/mol. The minimum atomic E-state index is -0.823. The first-order valence-corrected chi connectivity index (χ1v) is 6.28. The first-order chi connectivity index (χ1) is 9.06. The van der Waals surface area contributed by atoms with Crippen LogP contribution in [0.1, 0.15) is 5.56 Å². The number of benzene rings is 1. The fourth-order valence-electron chi connectivity index (χ4n) is 1.84. The molecule has 1 atom stereocenters. The average molecular weight is 266 g/mol. The second kappa shape index (κ2) is 7.76. The first kappa shape index (κ1) is 15.5. The largest absolute Gasteiger partial charge is 0.497 e. The Labute approximate surface area is 114 Å². The second-order valence-electron chi connectivity index (χ2n) is 4.54. The number of ether oxygens (including phenoxy) is 1. The lowest BCUT2D eigenvalue weighted by Gasteiger charge is -2.21. The van der Waals surface area contributed by atoms with Gasteiger partial charge in [-0.05, 0) is 38.2 Å². The number of rotatable bonds is 8. The van der Waals surface area contributed by atoms with Gasteiger partial charge in [-0.25, -0.2) is 0 Å². The van der Waals surface area contributed by atoms with E-state index in [-0.39, 0.29) is 0 Å². The van der Waals surface area contributed by atoms with Crippen LogP contribution in [-0.2, 0) is 11.2 Å². The van der Waals surface area contributed by atoms with Crippen LogP contribution < -0.4 is 10.1 Å². The molecule has 5 heteroatoms. The van der Waals surface area contributed by atoms with Gasteiger partial charge < -0.3 is 20.1 Å². The number of likely N-dealkylation sites (N-methyl/N-ethyl adjacent to an activating group) is 2. The van der Waals surface area contributed by atoms with Crippen molar-refractivity contribution < 1.29 is 14.6 Å². The van der Waals surface area contributed by atoms with Crippen molar-refractivity contribution >= 4 is 5.97 Å². The molecule has 0 amide bonds. The van der Waals surface area contributed by atoms with Gasteiger partial charge in [-0.2, -0.15) is 0 Å². The van der Waals surface area contributed by atoms with Gasteiger partial charge in [-0.1, -0.05) is 12.1 Å². The Hall–Kier alpha value is -1.59. The fourth-order valence-corrected chi connectivity index (χ4v) is 1.84. The molecule has 0 aromatic heterocycles. The SMILES string of the molecule is CNC(CN(C)CCc1cccc(OC)c1)C(=O)O. The molecular weight excluding hydrogens is 244 g/mol. The standard InChI is InChI=1S/C14H22N2O3/c1-15-13(14(17)18)10-16(2)8-7-11-5-4-6-12(9-11)19-3/h4-6,9,13,15H,7-8,10H2,1-3H3,(H,17,18). The van der Waals surface area contributed by atoms with E-state index in [1.54, 1.807) is 14.2 Å². The highest BCUT2D eigenvalue weighted by atomic mass is 16.5. The van der Waals surface area contributed by atoms with E-state index in [2.05, 4.69) is 5.32 Å². The first-order valence-electron chi connectivity index (χ1n) is 6.28. The molecule has 0 aliphatic heterocycles. The predicted molar refractivity (Wildman–Crippen MR) is 74.7 cm³/mol. The zero-order valence-corrected chi connectivity index (χ0v) is 11.7. The average Bonchev–Trinajstić information content (AvgIpc) is 2.42. The van der Waals surface area contributed by atoms with E-state index >= 15 is 0 Å². The molecule has 106 valence electrons. The predicted octanol–water partition coefficient (Wildman–Crippen LogP) is 0.842. The van der Waals surface area contributed by atoms with Gasteiger partial charge >= 0.3 is 5.97 Å². The summed E-state index contributed by atoms with van der Waals surface area (Å²) >= 11 is 0. The van der Waals surface area contributed by atoms with E-state index in [0.717, 1.165) is 18.7 Å². The molecule has 0 saturated carbocycles. The van der Waals surface area contributed by atoms with Gasteiger partial charge in [0.05, 0.1) is 7.11 Å². The number of nitrogens with one attached hydrogen (secondary N) is 1. The molecule has 0 spiro atoms. The number of carboxylic acid groups (broad SMARTS) is 1. The smallest absolute Gasteiger partial charge is 0.322 e. The van der Waals surface area contributed by atoms with Gasteiger partial charge in [0.1, 0.15) is 11.8 Å². The van der Waals surface area contributed by atoms with Crippen molar-refractivity contribution in [1.29, 1.82) is 0 Å². The summed E-state index contributed by atoms with van der Waals surface area (Å²) < 4.78 is 5.17. The van der Waals surface area contributed by atoms with Crippen LogP contribution >= 0.6 is 0 Å². The lowest BCUT2D eigenvalue weighted by molar-refractivity contribution is -0.139. The Bertz CT molecular complexity index is 409. The summed E-state index contributed by atoms with van der Waals surface area (Å²) in [5, 5.41) is 11.8. The molecule has 1 unspecified atom stereocenters. The van der Waals surface area contributed by atoms with E-state index in [0.29, 0.717) is 6.54 Å². The van der Waals surface area contributed by atoms with E-state index in [1.165, 1.54) is 5.56 Å². The van der Waals surface area contributed by atoms with Crippen LogP contribution in [0.5, 0.6) is 5.75 Å². The molecule has 19 heavy (non-hydrogen) atoms. The van der Waals surface area contributed by atoms with E-state index in [9.17, 15) is 4.79 Å². The van der Waals surface area contributed by atoms with Crippen LogP contribution in [0.25, 0.3) is 0 Å². The number of hydrogen-bond donors (Lipinski definition) is 2. The normalized spacial score (nSPS) is 12.4. The lowest BCUT2D eigenvalue weighted by Crippen LogP contribution is -2.43. The zero-order chi connectivity index (χ0) is 14.3. The summed E-state index contributed by atoms with van der Waals surface area (Å²) in [4.78, 5) is 12.9. The van der Waals surface area contributed by atoms with Crippen molar-refractivity contribution in [3.8, 4) is 5.75 Å². The number of hydrogen-bond acceptors (Lipinski definition) is 4. The molecule has 5 nitrogen and oxygen atoms in total. The van der Waals surface area contributed by atoms with Gasteiger partial charge in [0.2, 0.25) is 0 Å². The maximum absolute atomic E-state index is 10.9.